The number of aromatic nitrogens is 1. The van der Waals surface area contributed by atoms with E-state index in [-0.39, 0.29) is 6.10 Å². The molecule has 19 heavy (non-hydrogen) atoms. The number of hydrogen-bond donors (Lipinski definition) is 1. The molecule has 0 bridgehead atoms. The van der Waals surface area contributed by atoms with Crippen molar-refractivity contribution in [1.82, 2.24) is 4.98 Å². The molecule has 0 radical (unpaired) electrons. The molecule has 0 unspecified atom stereocenters. The molecule has 2 rings (SSSR count). The summed E-state index contributed by atoms with van der Waals surface area (Å²) in [4.78, 5) is 3.95. The smallest absolute Gasteiger partial charge is 0.154 e. The monoisotopic (exact) mass is 278 g/mol. The van der Waals surface area contributed by atoms with E-state index in [9.17, 15) is 0 Å². The quantitative estimate of drug-likeness (QED) is 0.862. The molecule has 0 aliphatic heterocycles. The van der Waals surface area contributed by atoms with Crippen LogP contribution in [0, 0.1) is 0 Å². The molecule has 5 heteroatoms. The predicted molar refractivity (Wildman–Crippen MR) is 75.9 cm³/mol. The average molecular weight is 279 g/mol. The van der Waals surface area contributed by atoms with Gasteiger partial charge in [0.2, 0.25) is 0 Å². The van der Waals surface area contributed by atoms with Gasteiger partial charge in [0.25, 0.3) is 0 Å². The number of pyridine rings is 1. The molecule has 0 atom stereocenters. The Morgan fingerprint density at radius 1 is 1.21 bits per heavy atom. The third kappa shape index (κ3) is 3.51. The van der Waals surface area contributed by atoms with Crippen LogP contribution in [0.1, 0.15) is 13.8 Å². The Bertz CT molecular complexity index is 573. The van der Waals surface area contributed by atoms with Crippen molar-refractivity contribution in [2.24, 2.45) is 0 Å². The number of hydrogen-bond acceptors (Lipinski definition) is 4. The Morgan fingerprint density at radius 2 is 1.95 bits per heavy atom. The van der Waals surface area contributed by atoms with Crippen LogP contribution in [0.4, 0.5) is 5.69 Å². The summed E-state index contributed by atoms with van der Waals surface area (Å²) in [5.41, 5.74) is 6.47. The Labute approximate surface area is 117 Å². The molecule has 0 saturated carbocycles. The molecule has 2 N–H and O–H groups in total. The second kappa shape index (κ2) is 5.80. The third-order valence-electron chi connectivity index (χ3n) is 2.30. The lowest BCUT2D eigenvalue weighted by atomic mass is 10.2. The van der Waals surface area contributed by atoms with Crippen molar-refractivity contribution in [1.29, 1.82) is 0 Å². The van der Waals surface area contributed by atoms with Crippen LogP contribution in [0.2, 0.25) is 5.02 Å². The van der Waals surface area contributed by atoms with Crippen LogP contribution < -0.4 is 15.2 Å². The molecule has 0 fully saturated rings. The van der Waals surface area contributed by atoms with Crippen molar-refractivity contribution >= 4 is 17.3 Å². The minimum absolute atomic E-state index is 0.0467. The number of rotatable bonds is 4. The zero-order valence-corrected chi connectivity index (χ0v) is 11.5. The molecular weight excluding hydrogens is 264 g/mol. The van der Waals surface area contributed by atoms with Crippen LogP contribution in [0.5, 0.6) is 17.2 Å². The van der Waals surface area contributed by atoms with Crippen LogP contribution in [0.3, 0.4) is 0 Å². The van der Waals surface area contributed by atoms with Crippen LogP contribution in [0.15, 0.2) is 36.7 Å². The van der Waals surface area contributed by atoms with E-state index in [1.165, 1.54) is 6.20 Å². The summed E-state index contributed by atoms with van der Waals surface area (Å²) >= 11 is 5.85. The van der Waals surface area contributed by atoms with Crippen molar-refractivity contribution in [3.63, 3.8) is 0 Å². The lowest BCUT2D eigenvalue weighted by molar-refractivity contribution is 0.243. The number of nitrogens with zero attached hydrogens (tertiary/aromatic N) is 1. The Morgan fingerprint density at radius 3 is 2.63 bits per heavy atom. The molecule has 0 aliphatic carbocycles. The molecule has 0 spiro atoms. The van der Waals surface area contributed by atoms with E-state index >= 15 is 0 Å². The van der Waals surface area contributed by atoms with Gasteiger partial charge in [-0.1, -0.05) is 17.7 Å². The van der Waals surface area contributed by atoms with Gasteiger partial charge in [0.1, 0.15) is 17.2 Å². The first-order valence-corrected chi connectivity index (χ1v) is 6.27. The fourth-order valence-electron chi connectivity index (χ4n) is 1.54. The van der Waals surface area contributed by atoms with Gasteiger partial charge in [-0.15, -0.1) is 0 Å². The van der Waals surface area contributed by atoms with Gasteiger partial charge < -0.3 is 15.2 Å². The fraction of sp³-hybridized carbons (Fsp3) is 0.214. The van der Waals surface area contributed by atoms with E-state index in [1.807, 2.05) is 19.9 Å². The van der Waals surface area contributed by atoms with Gasteiger partial charge in [-0.2, -0.15) is 0 Å². The highest BCUT2D eigenvalue weighted by molar-refractivity contribution is 6.30. The summed E-state index contributed by atoms with van der Waals surface area (Å²) in [5.74, 6) is 1.64. The summed E-state index contributed by atoms with van der Waals surface area (Å²) in [5, 5.41) is 0.505. The Kier molecular flexibility index (Phi) is 4.12. The second-order valence-corrected chi connectivity index (χ2v) is 4.71. The van der Waals surface area contributed by atoms with Crippen molar-refractivity contribution in [3.8, 4) is 17.2 Å². The number of para-hydroxylation sites is 1. The van der Waals surface area contributed by atoms with E-state index in [1.54, 1.807) is 24.4 Å². The van der Waals surface area contributed by atoms with E-state index < -0.39 is 0 Å². The average Bonchev–Trinajstić information content (AvgIpc) is 2.34. The number of benzene rings is 1. The van der Waals surface area contributed by atoms with Gasteiger partial charge in [-0.05, 0) is 26.0 Å². The largest absolute Gasteiger partial charge is 0.489 e. The van der Waals surface area contributed by atoms with Gasteiger partial charge in [0.15, 0.2) is 5.75 Å². The maximum Gasteiger partial charge on any atom is 0.154 e. The minimum Gasteiger partial charge on any atom is -0.489 e. The highest BCUT2D eigenvalue weighted by atomic mass is 35.5. The minimum atomic E-state index is 0.0467. The molecular formula is C14H15ClN2O2. The van der Waals surface area contributed by atoms with Gasteiger partial charge in [0.05, 0.1) is 17.3 Å². The van der Waals surface area contributed by atoms with Crippen molar-refractivity contribution in [2.45, 2.75) is 20.0 Å². The van der Waals surface area contributed by atoms with Gasteiger partial charge in [-0.3, -0.25) is 4.98 Å². The van der Waals surface area contributed by atoms with Crippen LogP contribution >= 0.6 is 11.6 Å². The van der Waals surface area contributed by atoms with Crippen molar-refractivity contribution < 1.29 is 9.47 Å². The first-order chi connectivity index (χ1) is 9.06. The van der Waals surface area contributed by atoms with Gasteiger partial charge >= 0.3 is 0 Å². The predicted octanol–water partition coefficient (Wildman–Crippen LogP) is 3.90. The first-order valence-electron chi connectivity index (χ1n) is 5.90. The lowest BCUT2D eigenvalue weighted by Crippen LogP contribution is -2.07. The van der Waals surface area contributed by atoms with Crippen molar-refractivity contribution in [2.75, 3.05) is 5.73 Å². The van der Waals surface area contributed by atoms with Crippen LogP contribution in [-0.4, -0.2) is 11.1 Å². The molecule has 0 saturated heterocycles. The topological polar surface area (TPSA) is 57.4 Å². The lowest BCUT2D eigenvalue weighted by Gasteiger charge is -2.15. The number of anilines is 1. The standard InChI is InChI=1S/C14H15ClN2O2/c1-9(2)18-12-4-3-5-13(14(12)16)19-11-6-10(15)7-17-8-11/h3-9H,16H2,1-2H3. The number of halogens is 1. The SMILES string of the molecule is CC(C)Oc1cccc(Oc2cncc(Cl)c2)c1N. The summed E-state index contributed by atoms with van der Waals surface area (Å²) < 4.78 is 11.3. The number of nitrogens with two attached hydrogens (primary N) is 1. The Hall–Kier alpha value is -1.94. The normalized spacial score (nSPS) is 10.5. The summed E-state index contributed by atoms with van der Waals surface area (Å²) in [6.45, 7) is 3.88. The number of nitrogen functional groups attached to an aromatic ring is 1. The van der Waals surface area contributed by atoms with Crippen molar-refractivity contribution in [3.05, 3.63) is 41.7 Å². The summed E-state index contributed by atoms with van der Waals surface area (Å²) in [6.07, 6.45) is 3.16. The highest BCUT2D eigenvalue weighted by Gasteiger charge is 2.09. The molecule has 4 nitrogen and oxygen atoms in total. The molecule has 2 aromatic rings. The van der Waals surface area contributed by atoms with Crippen LogP contribution in [-0.2, 0) is 0 Å². The van der Waals surface area contributed by atoms with E-state index in [2.05, 4.69) is 4.98 Å². The molecule has 100 valence electrons. The number of ether oxygens (including phenoxy) is 2. The molecule has 0 aliphatic rings. The summed E-state index contributed by atoms with van der Waals surface area (Å²) in [6, 6.07) is 7.06. The molecule has 0 amide bonds. The molecule has 1 aromatic heterocycles. The zero-order chi connectivity index (χ0) is 13.8. The Balaban J connectivity index is 2.25. The molecule has 1 aromatic carbocycles. The van der Waals surface area contributed by atoms with E-state index in [0.717, 1.165) is 0 Å². The first kappa shape index (κ1) is 13.5. The highest BCUT2D eigenvalue weighted by Crippen LogP contribution is 2.35. The van der Waals surface area contributed by atoms with E-state index in [0.29, 0.717) is 28.0 Å². The maximum absolute atomic E-state index is 6.01. The molecule has 1 heterocycles. The summed E-state index contributed by atoms with van der Waals surface area (Å²) in [7, 11) is 0. The van der Waals surface area contributed by atoms with Gasteiger partial charge in [0, 0.05) is 12.3 Å². The second-order valence-electron chi connectivity index (χ2n) is 4.28. The third-order valence-corrected chi connectivity index (χ3v) is 2.50. The zero-order valence-electron chi connectivity index (χ0n) is 10.8. The fourth-order valence-corrected chi connectivity index (χ4v) is 1.71. The van der Waals surface area contributed by atoms with Gasteiger partial charge in [-0.25, -0.2) is 0 Å². The van der Waals surface area contributed by atoms with E-state index in [4.69, 9.17) is 26.8 Å². The maximum atomic E-state index is 6.01. The van der Waals surface area contributed by atoms with Crippen LogP contribution in [0.25, 0.3) is 0 Å².